The molecule has 0 heterocycles. The Morgan fingerprint density at radius 1 is 0.339 bits per heavy atom. The van der Waals surface area contributed by atoms with Gasteiger partial charge in [0, 0.05) is 22.1 Å². The summed E-state index contributed by atoms with van der Waals surface area (Å²) in [5, 5.41) is 2.40. The second-order valence-electron chi connectivity index (χ2n) is 15.3. The van der Waals surface area contributed by atoms with Gasteiger partial charge >= 0.3 is 0 Å². The van der Waals surface area contributed by atoms with Gasteiger partial charge in [-0.15, -0.1) is 0 Å². The van der Waals surface area contributed by atoms with Crippen LogP contribution < -0.4 is 4.90 Å². The summed E-state index contributed by atoms with van der Waals surface area (Å²) in [4.78, 5) is 2.49. The van der Waals surface area contributed by atoms with Gasteiger partial charge in [-0.3, -0.25) is 0 Å². The Labute approximate surface area is 329 Å². The van der Waals surface area contributed by atoms with Crippen LogP contribution in [0.3, 0.4) is 0 Å². The molecule has 0 saturated carbocycles. The summed E-state index contributed by atoms with van der Waals surface area (Å²) in [6, 6.07) is 77.7. The smallest absolute Gasteiger partial charge is 0.0546 e. The maximum Gasteiger partial charge on any atom is 0.0546 e. The lowest BCUT2D eigenvalue weighted by molar-refractivity contribution is 0.660. The van der Waals surface area contributed by atoms with E-state index in [0.29, 0.717) is 0 Å². The number of hydrogen-bond donors (Lipinski definition) is 0. The van der Waals surface area contributed by atoms with Gasteiger partial charge in [-0.25, -0.2) is 0 Å². The van der Waals surface area contributed by atoms with Crippen LogP contribution in [0.1, 0.15) is 25.0 Å². The molecular weight excluding hydrogens is 675 g/mol. The van der Waals surface area contributed by atoms with Crippen molar-refractivity contribution in [1.82, 2.24) is 0 Å². The topological polar surface area (TPSA) is 3.24 Å². The lowest BCUT2D eigenvalue weighted by atomic mass is 9.82. The second kappa shape index (κ2) is 13.7. The lowest BCUT2D eigenvalue weighted by Gasteiger charge is -2.31. The third-order valence-corrected chi connectivity index (χ3v) is 11.7. The quantitative estimate of drug-likeness (QED) is 0.159. The second-order valence-corrected chi connectivity index (χ2v) is 15.3. The minimum atomic E-state index is -0.0340. The molecule has 1 heteroatoms. The maximum absolute atomic E-state index is 2.49. The molecular formula is C55H41N. The molecule has 0 aliphatic heterocycles. The molecule has 1 nitrogen and oxygen atoms in total. The summed E-state index contributed by atoms with van der Waals surface area (Å²) >= 11 is 0. The van der Waals surface area contributed by atoms with Crippen molar-refractivity contribution in [2.75, 3.05) is 4.90 Å². The Hall–Kier alpha value is -6.96. The van der Waals surface area contributed by atoms with Crippen LogP contribution in [0.5, 0.6) is 0 Å². The summed E-state index contributed by atoms with van der Waals surface area (Å²) in [6.07, 6.45) is 0. The van der Waals surface area contributed by atoms with E-state index in [1.165, 1.54) is 77.5 Å². The Balaban J connectivity index is 1.24. The maximum atomic E-state index is 2.49. The third kappa shape index (κ3) is 5.63. The van der Waals surface area contributed by atoms with E-state index in [-0.39, 0.29) is 5.41 Å². The van der Waals surface area contributed by atoms with E-state index in [2.05, 4.69) is 231 Å². The zero-order chi connectivity index (χ0) is 37.6. The van der Waals surface area contributed by atoms with Crippen LogP contribution in [0.25, 0.3) is 66.4 Å². The molecule has 0 unspecified atom stereocenters. The number of rotatable bonds is 7. The minimum Gasteiger partial charge on any atom is -0.309 e. The SMILES string of the molecule is CC1(C)c2ccccc2-c2cc(-c3cccc(N(c4cccc(-c5ccccc5)c4-c4ccccc4-c4ccccc4)c4cccc5ccccc45)c3)ccc21. The zero-order valence-electron chi connectivity index (χ0n) is 31.7. The van der Waals surface area contributed by atoms with Crippen molar-refractivity contribution in [3.63, 3.8) is 0 Å². The predicted molar refractivity (Wildman–Crippen MR) is 238 cm³/mol. The van der Waals surface area contributed by atoms with Crippen LogP contribution in [0.2, 0.25) is 0 Å². The van der Waals surface area contributed by atoms with Gasteiger partial charge in [-0.1, -0.05) is 196 Å². The van der Waals surface area contributed by atoms with Gasteiger partial charge < -0.3 is 4.90 Å². The van der Waals surface area contributed by atoms with E-state index in [0.717, 1.165) is 17.1 Å². The standard InChI is InChI=1S/C55H41N/c1-55(2)50-31-14-13-28-47(50)49-37-42(34-35-51(49)55)41-24-15-25-43(36-41)56(52-32-16-23-39-22-9-10-27-45(39)52)53-33-17-30-46(40-20-7-4-8-21-40)54(53)48-29-12-11-26-44(48)38-18-5-3-6-19-38/h3-37H,1-2H3. The van der Waals surface area contributed by atoms with Crippen molar-refractivity contribution in [1.29, 1.82) is 0 Å². The molecule has 0 saturated heterocycles. The summed E-state index contributed by atoms with van der Waals surface area (Å²) in [5.74, 6) is 0. The van der Waals surface area contributed by atoms with Crippen LogP contribution >= 0.6 is 0 Å². The first-order chi connectivity index (χ1) is 27.6. The number of anilines is 3. The fourth-order valence-corrected chi connectivity index (χ4v) is 8.97. The van der Waals surface area contributed by atoms with Crippen LogP contribution in [-0.2, 0) is 5.41 Å². The summed E-state index contributed by atoms with van der Waals surface area (Å²) < 4.78 is 0. The Kier molecular flexibility index (Phi) is 8.23. The number of benzene rings is 9. The first kappa shape index (κ1) is 33.6. The van der Waals surface area contributed by atoms with Crippen LogP contribution in [0.4, 0.5) is 17.1 Å². The highest BCUT2D eigenvalue weighted by Crippen LogP contribution is 2.51. The van der Waals surface area contributed by atoms with E-state index in [4.69, 9.17) is 0 Å². The van der Waals surface area contributed by atoms with Gasteiger partial charge in [0.15, 0.2) is 0 Å². The van der Waals surface area contributed by atoms with Crippen LogP contribution in [-0.4, -0.2) is 0 Å². The van der Waals surface area contributed by atoms with Crippen LogP contribution in [0.15, 0.2) is 212 Å². The normalized spacial score (nSPS) is 12.6. The van der Waals surface area contributed by atoms with E-state index < -0.39 is 0 Å². The average Bonchev–Trinajstić information content (AvgIpc) is 3.50. The van der Waals surface area contributed by atoms with E-state index in [1.807, 2.05) is 0 Å². The third-order valence-electron chi connectivity index (χ3n) is 11.7. The molecule has 0 bridgehead atoms. The molecule has 266 valence electrons. The molecule has 0 amide bonds. The van der Waals surface area contributed by atoms with Crippen molar-refractivity contribution in [3.05, 3.63) is 223 Å². The largest absolute Gasteiger partial charge is 0.309 e. The van der Waals surface area contributed by atoms with Gasteiger partial charge in [0.05, 0.1) is 11.4 Å². The molecule has 10 rings (SSSR count). The predicted octanol–water partition coefficient (Wildman–Crippen LogP) is 15.3. The molecule has 1 aliphatic rings. The molecule has 0 radical (unpaired) electrons. The number of fused-ring (bicyclic) bond motifs is 4. The molecule has 9 aromatic rings. The van der Waals surface area contributed by atoms with Crippen LogP contribution in [0, 0.1) is 0 Å². The van der Waals surface area contributed by atoms with Gasteiger partial charge in [0.2, 0.25) is 0 Å². The molecule has 0 N–H and O–H groups in total. The van der Waals surface area contributed by atoms with Crippen molar-refractivity contribution in [2.24, 2.45) is 0 Å². The summed E-state index contributed by atoms with van der Waals surface area (Å²) in [7, 11) is 0. The van der Waals surface area contributed by atoms with Gasteiger partial charge in [-0.2, -0.15) is 0 Å². The molecule has 1 aliphatic carbocycles. The van der Waals surface area contributed by atoms with Crippen molar-refractivity contribution < 1.29 is 0 Å². The fourth-order valence-electron chi connectivity index (χ4n) is 8.97. The van der Waals surface area contributed by atoms with E-state index in [1.54, 1.807) is 0 Å². The monoisotopic (exact) mass is 715 g/mol. The molecule has 0 aromatic heterocycles. The fraction of sp³-hybridized carbons (Fsp3) is 0.0545. The first-order valence-electron chi connectivity index (χ1n) is 19.5. The van der Waals surface area contributed by atoms with Crippen molar-refractivity contribution in [2.45, 2.75) is 19.3 Å². The zero-order valence-corrected chi connectivity index (χ0v) is 31.7. The van der Waals surface area contributed by atoms with Gasteiger partial charge in [0.25, 0.3) is 0 Å². The number of nitrogens with zero attached hydrogens (tertiary/aromatic N) is 1. The van der Waals surface area contributed by atoms with Crippen molar-refractivity contribution in [3.8, 4) is 55.6 Å². The molecule has 0 fully saturated rings. The Bertz CT molecular complexity index is 2880. The molecule has 0 atom stereocenters. The Morgan fingerprint density at radius 3 is 1.68 bits per heavy atom. The molecule has 56 heavy (non-hydrogen) atoms. The van der Waals surface area contributed by atoms with Gasteiger partial charge in [0.1, 0.15) is 0 Å². The number of hydrogen-bond acceptors (Lipinski definition) is 1. The summed E-state index contributed by atoms with van der Waals surface area (Å²) in [6.45, 7) is 4.69. The highest BCUT2D eigenvalue weighted by atomic mass is 15.1. The highest BCUT2D eigenvalue weighted by Gasteiger charge is 2.35. The lowest BCUT2D eigenvalue weighted by Crippen LogP contribution is -2.14. The average molecular weight is 716 g/mol. The molecule has 0 spiro atoms. The minimum absolute atomic E-state index is 0.0340. The molecule has 9 aromatic carbocycles. The van der Waals surface area contributed by atoms with E-state index in [9.17, 15) is 0 Å². The van der Waals surface area contributed by atoms with Gasteiger partial charge in [-0.05, 0) is 96.9 Å². The van der Waals surface area contributed by atoms with Crippen molar-refractivity contribution >= 4 is 27.8 Å². The summed E-state index contributed by atoms with van der Waals surface area (Å²) in [5.41, 5.74) is 18.3. The first-order valence-corrected chi connectivity index (χ1v) is 19.5. The highest BCUT2D eigenvalue weighted by molar-refractivity contribution is 6.05. The Morgan fingerprint density at radius 2 is 0.875 bits per heavy atom. The van der Waals surface area contributed by atoms with E-state index >= 15 is 0 Å².